The Kier molecular flexibility index (Phi) is 3.43. The predicted molar refractivity (Wildman–Crippen MR) is 69.4 cm³/mol. The lowest BCUT2D eigenvalue weighted by atomic mass is 10.2. The maximum absolute atomic E-state index is 8.99. The summed E-state index contributed by atoms with van der Waals surface area (Å²) in [4.78, 5) is 7.73. The lowest BCUT2D eigenvalue weighted by Crippen LogP contribution is -1.99. The lowest BCUT2D eigenvalue weighted by Gasteiger charge is -2.07. The van der Waals surface area contributed by atoms with Crippen molar-refractivity contribution in [1.82, 2.24) is 9.97 Å². The van der Waals surface area contributed by atoms with E-state index in [-0.39, 0.29) is 10.7 Å². The fourth-order valence-corrected chi connectivity index (χ4v) is 1.56. The zero-order valence-electron chi connectivity index (χ0n) is 9.18. The van der Waals surface area contributed by atoms with Crippen LogP contribution < -0.4 is 5.32 Å². The van der Waals surface area contributed by atoms with Gasteiger partial charge in [-0.2, -0.15) is 5.26 Å². The van der Waals surface area contributed by atoms with Crippen molar-refractivity contribution in [3.8, 4) is 18.4 Å². The van der Waals surface area contributed by atoms with E-state index in [0.717, 1.165) is 11.3 Å². The van der Waals surface area contributed by atoms with E-state index >= 15 is 0 Å². The first-order valence-corrected chi connectivity index (χ1v) is 5.36. The molecular formula is C13H7ClN4. The number of halogens is 1. The highest BCUT2D eigenvalue weighted by atomic mass is 35.5. The Bertz CT molecular complexity index is 667. The summed E-state index contributed by atoms with van der Waals surface area (Å²) in [6.45, 7) is 0. The Labute approximate surface area is 109 Å². The minimum absolute atomic E-state index is 0.114. The molecule has 0 aliphatic rings. The van der Waals surface area contributed by atoms with Crippen molar-refractivity contribution in [2.45, 2.75) is 0 Å². The summed E-state index contributed by atoms with van der Waals surface area (Å²) in [6, 6.07) is 9.17. The molecule has 0 amide bonds. The molecule has 0 bridgehead atoms. The molecule has 2 aromatic rings. The third kappa shape index (κ3) is 2.40. The number of nitrogens with one attached hydrogen (secondary N) is 1. The highest BCUT2D eigenvalue weighted by molar-refractivity contribution is 6.30. The quantitative estimate of drug-likeness (QED) is 0.661. The van der Waals surface area contributed by atoms with E-state index in [1.807, 2.05) is 24.3 Å². The van der Waals surface area contributed by atoms with E-state index in [1.165, 1.54) is 6.33 Å². The molecule has 2 rings (SSSR count). The van der Waals surface area contributed by atoms with Crippen LogP contribution in [-0.4, -0.2) is 9.97 Å². The number of nitrogens with zero attached hydrogens (tertiary/aromatic N) is 3. The first kappa shape index (κ1) is 11.9. The van der Waals surface area contributed by atoms with Gasteiger partial charge < -0.3 is 5.32 Å². The van der Waals surface area contributed by atoms with Crippen LogP contribution in [0.1, 0.15) is 11.1 Å². The van der Waals surface area contributed by atoms with Gasteiger partial charge in [0.1, 0.15) is 18.0 Å². The van der Waals surface area contributed by atoms with Crippen LogP contribution in [0.3, 0.4) is 0 Å². The van der Waals surface area contributed by atoms with Crippen LogP contribution in [0, 0.1) is 23.7 Å². The minimum atomic E-state index is 0.114. The topological polar surface area (TPSA) is 61.6 Å². The highest BCUT2D eigenvalue weighted by Gasteiger charge is 2.09. The number of aromatic nitrogens is 2. The molecule has 0 aliphatic heterocycles. The van der Waals surface area contributed by atoms with Gasteiger partial charge in [0.05, 0.1) is 0 Å². The molecule has 0 aliphatic carbocycles. The van der Waals surface area contributed by atoms with Crippen LogP contribution in [0.15, 0.2) is 30.6 Å². The molecule has 1 N–H and O–H groups in total. The molecule has 0 saturated heterocycles. The second kappa shape index (κ2) is 5.18. The molecule has 1 heterocycles. The average molecular weight is 255 g/mol. The largest absolute Gasteiger partial charge is 0.339 e. The van der Waals surface area contributed by atoms with Gasteiger partial charge in [-0.05, 0) is 18.2 Å². The van der Waals surface area contributed by atoms with Gasteiger partial charge in [0, 0.05) is 11.3 Å². The van der Waals surface area contributed by atoms with Crippen molar-refractivity contribution >= 4 is 23.1 Å². The summed E-state index contributed by atoms with van der Waals surface area (Å²) in [6.07, 6.45) is 6.60. The molecule has 0 atom stereocenters. The third-order valence-corrected chi connectivity index (χ3v) is 2.49. The monoisotopic (exact) mass is 254 g/mol. The van der Waals surface area contributed by atoms with Crippen molar-refractivity contribution in [1.29, 1.82) is 5.26 Å². The number of hydrogen-bond donors (Lipinski definition) is 1. The van der Waals surface area contributed by atoms with Crippen molar-refractivity contribution in [3.05, 3.63) is 46.9 Å². The van der Waals surface area contributed by atoms with Crippen LogP contribution in [0.25, 0.3) is 0 Å². The maximum Gasteiger partial charge on any atom is 0.153 e. The van der Waals surface area contributed by atoms with E-state index in [2.05, 4.69) is 21.2 Å². The number of rotatable bonds is 2. The molecular weight excluding hydrogens is 248 g/mol. The summed E-state index contributed by atoms with van der Waals surface area (Å²) in [5.41, 5.74) is 1.67. The van der Waals surface area contributed by atoms with Gasteiger partial charge in [0.25, 0.3) is 0 Å². The van der Waals surface area contributed by atoms with Crippen LogP contribution in [0.4, 0.5) is 11.5 Å². The Morgan fingerprint density at radius 1 is 1.33 bits per heavy atom. The number of anilines is 2. The van der Waals surface area contributed by atoms with Crippen molar-refractivity contribution in [3.63, 3.8) is 0 Å². The van der Waals surface area contributed by atoms with E-state index in [4.69, 9.17) is 23.3 Å². The fraction of sp³-hybridized carbons (Fsp3) is 0. The van der Waals surface area contributed by atoms with Crippen LogP contribution >= 0.6 is 11.6 Å². The number of hydrogen-bond acceptors (Lipinski definition) is 4. The lowest BCUT2D eigenvalue weighted by molar-refractivity contribution is 1.15. The molecule has 0 spiro atoms. The van der Waals surface area contributed by atoms with E-state index in [1.54, 1.807) is 6.07 Å². The van der Waals surface area contributed by atoms with Gasteiger partial charge in [-0.1, -0.05) is 23.6 Å². The summed E-state index contributed by atoms with van der Waals surface area (Å²) in [5.74, 6) is 2.88. The van der Waals surface area contributed by atoms with E-state index < -0.39 is 0 Å². The molecule has 0 saturated carbocycles. The first-order chi connectivity index (χ1) is 8.74. The molecule has 0 unspecified atom stereocenters. The fourth-order valence-electron chi connectivity index (χ4n) is 1.38. The van der Waals surface area contributed by atoms with Gasteiger partial charge in [0.15, 0.2) is 11.0 Å². The predicted octanol–water partition coefficient (Wildman–Crippen LogP) is 2.73. The van der Waals surface area contributed by atoms with Crippen LogP contribution in [-0.2, 0) is 0 Å². The Balaban J connectivity index is 2.38. The highest BCUT2D eigenvalue weighted by Crippen LogP contribution is 2.22. The Morgan fingerprint density at radius 3 is 2.89 bits per heavy atom. The summed E-state index contributed by atoms with van der Waals surface area (Å²) in [5, 5.41) is 12.1. The van der Waals surface area contributed by atoms with Gasteiger partial charge >= 0.3 is 0 Å². The normalized spacial score (nSPS) is 9.28. The molecule has 18 heavy (non-hydrogen) atoms. The second-order valence-corrected chi connectivity index (χ2v) is 3.71. The molecule has 1 aromatic carbocycles. The van der Waals surface area contributed by atoms with Gasteiger partial charge in [0.2, 0.25) is 0 Å². The van der Waals surface area contributed by atoms with Crippen LogP contribution in [0.2, 0.25) is 5.15 Å². The molecule has 1 aromatic heterocycles. The molecule has 4 nitrogen and oxygen atoms in total. The first-order valence-electron chi connectivity index (χ1n) is 4.99. The third-order valence-electron chi connectivity index (χ3n) is 2.20. The molecule has 5 heteroatoms. The smallest absolute Gasteiger partial charge is 0.153 e. The van der Waals surface area contributed by atoms with E-state index in [0.29, 0.717) is 5.82 Å². The standard InChI is InChI=1S/C13H7ClN4/c1-2-9-4-3-5-10(6-9)18-13-11(7-15)12(14)16-8-17-13/h1,3-6,8H,(H,16,17,18). The second-order valence-electron chi connectivity index (χ2n) is 3.35. The average Bonchev–Trinajstić information content (AvgIpc) is 2.39. The van der Waals surface area contributed by atoms with Gasteiger partial charge in [-0.15, -0.1) is 6.42 Å². The minimum Gasteiger partial charge on any atom is -0.339 e. The molecule has 86 valence electrons. The summed E-state index contributed by atoms with van der Waals surface area (Å²) < 4.78 is 0. The van der Waals surface area contributed by atoms with E-state index in [9.17, 15) is 0 Å². The number of terminal acetylenes is 1. The van der Waals surface area contributed by atoms with Crippen molar-refractivity contribution in [2.24, 2.45) is 0 Å². The van der Waals surface area contributed by atoms with Crippen molar-refractivity contribution < 1.29 is 0 Å². The maximum atomic E-state index is 8.99. The molecule has 0 radical (unpaired) electrons. The molecule has 0 fully saturated rings. The summed E-state index contributed by atoms with van der Waals surface area (Å²) in [7, 11) is 0. The number of nitriles is 1. The Morgan fingerprint density at radius 2 is 2.17 bits per heavy atom. The van der Waals surface area contributed by atoms with Gasteiger partial charge in [-0.3, -0.25) is 0 Å². The van der Waals surface area contributed by atoms with Gasteiger partial charge in [-0.25, -0.2) is 9.97 Å². The number of benzene rings is 1. The van der Waals surface area contributed by atoms with Crippen molar-refractivity contribution in [2.75, 3.05) is 5.32 Å². The summed E-state index contributed by atoms with van der Waals surface area (Å²) >= 11 is 5.81. The SMILES string of the molecule is C#Cc1cccc(Nc2ncnc(Cl)c2C#N)c1. The zero-order chi connectivity index (χ0) is 13.0. The Hall–Kier alpha value is -2.56. The van der Waals surface area contributed by atoms with Crippen LogP contribution in [0.5, 0.6) is 0 Å². The zero-order valence-corrected chi connectivity index (χ0v) is 9.94.